The minimum atomic E-state index is -0.374. The average molecular weight is 217 g/mol. The molecule has 2 rings (SSSR count). The van der Waals surface area contributed by atoms with Gasteiger partial charge in [-0.1, -0.05) is 0 Å². The zero-order chi connectivity index (χ0) is 10.8. The molecule has 1 N–H and O–H groups in total. The Balaban J connectivity index is 2.53. The van der Waals surface area contributed by atoms with Gasteiger partial charge in [0.05, 0.1) is 16.4 Å². The lowest BCUT2D eigenvalue weighted by molar-refractivity contribution is 1.18. The lowest BCUT2D eigenvalue weighted by Gasteiger charge is -1.95. The molecule has 15 heavy (non-hydrogen) atoms. The molecule has 0 radical (unpaired) electrons. The third kappa shape index (κ3) is 1.80. The molecule has 0 amide bonds. The number of aromatic nitrogens is 2. The van der Waals surface area contributed by atoms with Gasteiger partial charge in [-0.15, -0.1) is 11.3 Å². The van der Waals surface area contributed by atoms with Crippen molar-refractivity contribution in [3.05, 3.63) is 38.4 Å². The SMILES string of the molecule is Cc1nc(-c2ccc(C#N)c(=O)[nH]2)cs1. The molecule has 2 heterocycles. The molecule has 0 bridgehead atoms. The Bertz CT molecular complexity index is 591. The summed E-state index contributed by atoms with van der Waals surface area (Å²) in [5.74, 6) is 0. The van der Waals surface area contributed by atoms with E-state index in [1.54, 1.807) is 6.07 Å². The molecule has 2 aromatic rings. The first kappa shape index (κ1) is 9.62. The van der Waals surface area contributed by atoms with E-state index in [0.29, 0.717) is 5.69 Å². The quantitative estimate of drug-likeness (QED) is 0.790. The number of pyridine rings is 1. The van der Waals surface area contributed by atoms with Crippen molar-refractivity contribution in [3.63, 3.8) is 0 Å². The van der Waals surface area contributed by atoms with Crippen molar-refractivity contribution in [1.82, 2.24) is 9.97 Å². The van der Waals surface area contributed by atoms with E-state index in [9.17, 15) is 4.79 Å². The molecule has 0 saturated carbocycles. The van der Waals surface area contributed by atoms with Gasteiger partial charge in [0.25, 0.3) is 5.56 Å². The van der Waals surface area contributed by atoms with Crippen molar-refractivity contribution >= 4 is 11.3 Å². The van der Waals surface area contributed by atoms with Crippen molar-refractivity contribution in [2.75, 3.05) is 0 Å². The molecule has 0 aliphatic carbocycles. The maximum Gasteiger partial charge on any atom is 0.266 e. The van der Waals surface area contributed by atoms with E-state index < -0.39 is 0 Å². The maximum atomic E-state index is 11.3. The highest BCUT2D eigenvalue weighted by atomic mass is 32.1. The summed E-state index contributed by atoms with van der Waals surface area (Å²) in [4.78, 5) is 18.2. The van der Waals surface area contributed by atoms with E-state index in [4.69, 9.17) is 5.26 Å². The number of H-pyrrole nitrogens is 1. The Morgan fingerprint density at radius 3 is 2.87 bits per heavy atom. The van der Waals surface area contributed by atoms with Crippen molar-refractivity contribution in [1.29, 1.82) is 5.26 Å². The van der Waals surface area contributed by atoms with Crippen LogP contribution in [0, 0.1) is 18.3 Å². The second-order valence-electron chi connectivity index (χ2n) is 2.98. The van der Waals surface area contributed by atoms with Crippen LogP contribution < -0.4 is 5.56 Å². The van der Waals surface area contributed by atoms with Gasteiger partial charge >= 0.3 is 0 Å². The van der Waals surface area contributed by atoms with E-state index in [-0.39, 0.29) is 11.1 Å². The highest BCUT2D eigenvalue weighted by Crippen LogP contribution is 2.18. The fourth-order valence-corrected chi connectivity index (χ4v) is 1.81. The zero-order valence-electron chi connectivity index (χ0n) is 7.94. The fourth-order valence-electron chi connectivity index (χ4n) is 1.20. The Hall–Kier alpha value is -1.93. The summed E-state index contributed by atoms with van der Waals surface area (Å²) >= 11 is 1.52. The summed E-state index contributed by atoms with van der Waals surface area (Å²) in [5.41, 5.74) is 1.12. The second-order valence-corrected chi connectivity index (χ2v) is 4.04. The first-order valence-electron chi connectivity index (χ1n) is 4.26. The Morgan fingerprint density at radius 2 is 2.33 bits per heavy atom. The number of aryl methyl sites for hydroxylation is 1. The van der Waals surface area contributed by atoms with Gasteiger partial charge in [-0.3, -0.25) is 4.79 Å². The topological polar surface area (TPSA) is 69.5 Å². The summed E-state index contributed by atoms with van der Waals surface area (Å²) in [6.45, 7) is 1.90. The average Bonchev–Trinajstić information content (AvgIpc) is 2.65. The van der Waals surface area contributed by atoms with Gasteiger partial charge in [-0.25, -0.2) is 4.98 Å². The van der Waals surface area contributed by atoms with Crippen molar-refractivity contribution in [2.45, 2.75) is 6.92 Å². The van der Waals surface area contributed by atoms with E-state index in [0.717, 1.165) is 10.7 Å². The van der Waals surface area contributed by atoms with Gasteiger partial charge in [-0.05, 0) is 19.1 Å². The standard InChI is InChI=1S/C10H7N3OS/c1-6-12-9(5-15-6)8-3-2-7(4-11)10(14)13-8/h2-3,5H,1H3,(H,13,14). The molecule has 0 aromatic carbocycles. The molecule has 2 aromatic heterocycles. The third-order valence-corrected chi connectivity index (χ3v) is 2.70. The van der Waals surface area contributed by atoms with E-state index >= 15 is 0 Å². The van der Waals surface area contributed by atoms with Crippen LogP contribution in [0.4, 0.5) is 0 Å². The molecule has 4 nitrogen and oxygen atoms in total. The predicted octanol–water partition coefficient (Wildman–Crippen LogP) is 1.68. The van der Waals surface area contributed by atoms with Crippen LogP contribution in [0.2, 0.25) is 0 Å². The van der Waals surface area contributed by atoms with Gasteiger partial charge in [0, 0.05) is 5.38 Å². The smallest absolute Gasteiger partial charge is 0.266 e. The summed E-state index contributed by atoms with van der Waals surface area (Å²) in [5, 5.41) is 11.4. The number of aromatic amines is 1. The molecule has 0 unspecified atom stereocenters. The molecule has 0 atom stereocenters. The van der Waals surface area contributed by atoms with E-state index in [2.05, 4.69) is 9.97 Å². The summed E-state index contributed by atoms with van der Waals surface area (Å²) in [7, 11) is 0. The highest BCUT2D eigenvalue weighted by molar-refractivity contribution is 7.09. The Labute approximate surface area is 89.9 Å². The number of rotatable bonds is 1. The van der Waals surface area contributed by atoms with E-state index in [1.165, 1.54) is 17.4 Å². The van der Waals surface area contributed by atoms with Crippen LogP contribution in [0.3, 0.4) is 0 Å². The second kappa shape index (κ2) is 3.67. The van der Waals surface area contributed by atoms with Crippen LogP contribution in [-0.4, -0.2) is 9.97 Å². The van der Waals surface area contributed by atoms with Crippen LogP contribution in [0.25, 0.3) is 11.4 Å². The van der Waals surface area contributed by atoms with Crippen LogP contribution >= 0.6 is 11.3 Å². The van der Waals surface area contributed by atoms with Gasteiger partial charge in [0.15, 0.2) is 0 Å². The number of nitrogens with zero attached hydrogens (tertiary/aromatic N) is 2. The largest absolute Gasteiger partial charge is 0.319 e. The number of hydrogen-bond acceptors (Lipinski definition) is 4. The number of nitriles is 1. The summed E-state index contributed by atoms with van der Waals surface area (Å²) in [6, 6.07) is 5.01. The molecular formula is C10H7N3OS. The first-order chi connectivity index (χ1) is 7.20. The summed E-state index contributed by atoms with van der Waals surface area (Å²) in [6.07, 6.45) is 0. The number of thiazole rings is 1. The molecular weight excluding hydrogens is 210 g/mol. The van der Waals surface area contributed by atoms with Gasteiger partial charge in [0.2, 0.25) is 0 Å². The van der Waals surface area contributed by atoms with Gasteiger partial charge in [-0.2, -0.15) is 5.26 Å². The molecule has 0 spiro atoms. The van der Waals surface area contributed by atoms with Gasteiger partial charge in [0.1, 0.15) is 11.6 Å². The molecule has 0 aliphatic heterocycles. The van der Waals surface area contributed by atoms with Crippen LogP contribution in [-0.2, 0) is 0 Å². The highest BCUT2D eigenvalue weighted by Gasteiger charge is 2.04. The van der Waals surface area contributed by atoms with Crippen LogP contribution in [0.1, 0.15) is 10.6 Å². The molecule has 0 aliphatic rings. The van der Waals surface area contributed by atoms with Crippen LogP contribution in [0.5, 0.6) is 0 Å². The van der Waals surface area contributed by atoms with Crippen molar-refractivity contribution in [3.8, 4) is 17.5 Å². The van der Waals surface area contributed by atoms with E-state index in [1.807, 2.05) is 18.4 Å². The first-order valence-corrected chi connectivity index (χ1v) is 5.14. The third-order valence-electron chi connectivity index (χ3n) is 1.92. The molecule has 0 fully saturated rings. The van der Waals surface area contributed by atoms with Crippen molar-refractivity contribution < 1.29 is 0 Å². The Kier molecular flexibility index (Phi) is 2.35. The zero-order valence-corrected chi connectivity index (χ0v) is 8.76. The van der Waals surface area contributed by atoms with Crippen LogP contribution in [0.15, 0.2) is 22.3 Å². The monoisotopic (exact) mass is 217 g/mol. The lowest BCUT2D eigenvalue weighted by Crippen LogP contribution is -2.10. The van der Waals surface area contributed by atoms with Crippen molar-refractivity contribution in [2.24, 2.45) is 0 Å². The molecule has 5 heteroatoms. The predicted molar refractivity (Wildman–Crippen MR) is 57.6 cm³/mol. The van der Waals surface area contributed by atoms with Gasteiger partial charge < -0.3 is 4.98 Å². The molecule has 0 saturated heterocycles. The minimum absolute atomic E-state index is 0.116. The lowest BCUT2D eigenvalue weighted by atomic mass is 10.2. The number of hydrogen-bond donors (Lipinski definition) is 1. The summed E-state index contributed by atoms with van der Waals surface area (Å²) < 4.78 is 0. The molecule has 74 valence electrons. The Morgan fingerprint density at radius 1 is 1.53 bits per heavy atom. The minimum Gasteiger partial charge on any atom is -0.319 e. The fraction of sp³-hybridized carbons (Fsp3) is 0.100. The maximum absolute atomic E-state index is 11.3. The number of nitrogens with one attached hydrogen (secondary N) is 1. The normalized spacial score (nSPS) is 9.87.